The van der Waals surface area contributed by atoms with Crippen molar-refractivity contribution >= 4 is 46.1 Å². The molecule has 0 saturated carbocycles. The summed E-state index contributed by atoms with van der Waals surface area (Å²) < 4.78 is 0. The highest BCUT2D eigenvalue weighted by molar-refractivity contribution is 7.13. The molecular weight excluding hydrogens is 291 g/mol. The number of halogens is 2. The van der Waals surface area contributed by atoms with Crippen LogP contribution in [0.25, 0.3) is 0 Å². The van der Waals surface area contributed by atoms with E-state index in [1.54, 1.807) is 12.3 Å². The monoisotopic (exact) mass is 300 g/mol. The predicted molar refractivity (Wildman–Crippen MR) is 76.0 cm³/mol. The minimum atomic E-state index is -0.271. The van der Waals surface area contributed by atoms with Crippen molar-refractivity contribution in [3.63, 3.8) is 0 Å². The Kier molecular flexibility index (Phi) is 3.90. The van der Waals surface area contributed by atoms with E-state index in [4.69, 9.17) is 23.2 Å². The third kappa shape index (κ3) is 2.66. The number of pyridine rings is 1. The fourth-order valence-electron chi connectivity index (χ4n) is 1.40. The number of hydrogen-bond donors (Lipinski definition) is 1. The smallest absolute Gasteiger partial charge is 0.267 e. The number of amides is 1. The van der Waals surface area contributed by atoms with Gasteiger partial charge in [0.2, 0.25) is 0 Å². The zero-order valence-electron chi connectivity index (χ0n) is 9.75. The van der Waals surface area contributed by atoms with Gasteiger partial charge in [0.05, 0.1) is 10.7 Å². The van der Waals surface area contributed by atoms with Crippen LogP contribution in [0.15, 0.2) is 17.6 Å². The second-order valence-corrected chi connectivity index (χ2v) is 5.48. The number of nitrogens with one attached hydrogen (secondary N) is 1. The second-order valence-electron chi connectivity index (χ2n) is 3.87. The Morgan fingerprint density at radius 3 is 2.72 bits per heavy atom. The van der Waals surface area contributed by atoms with E-state index in [0.29, 0.717) is 15.6 Å². The number of carbonyl (C=O) groups excluding carboxylic acids is 1. The van der Waals surface area contributed by atoms with Crippen molar-refractivity contribution in [1.29, 1.82) is 0 Å². The lowest BCUT2D eigenvalue weighted by Gasteiger charge is -2.06. The molecule has 1 amide bonds. The summed E-state index contributed by atoms with van der Waals surface area (Å²) in [6.45, 7) is 3.73. The normalized spacial score (nSPS) is 10.4. The molecule has 0 aliphatic carbocycles. The van der Waals surface area contributed by atoms with Crippen LogP contribution in [0.3, 0.4) is 0 Å². The molecule has 2 heterocycles. The zero-order chi connectivity index (χ0) is 13.3. The van der Waals surface area contributed by atoms with Gasteiger partial charge in [-0.15, -0.1) is 11.3 Å². The van der Waals surface area contributed by atoms with Crippen LogP contribution >= 0.6 is 34.5 Å². The lowest BCUT2D eigenvalue weighted by molar-refractivity contribution is 0.103. The summed E-state index contributed by atoms with van der Waals surface area (Å²) in [4.78, 5) is 16.5. The molecule has 0 aromatic carbocycles. The first-order valence-corrected chi connectivity index (χ1v) is 6.79. The van der Waals surface area contributed by atoms with Crippen LogP contribution in [-0.2, 0) is 0 Å². The van der Waals surface area contributed by atoms with Crippen LogP contribution in [-0.4, -0.2) is 10.9 Å². The van der Waals surface area contributed by atoms with E-state index in [0.717, 1.165) is 11.1 Å². The average Bonchev–Trinajstić information content (AvgIpc) is 2.65. The Hall–Kier alpha value is -1.10. The summed E-state index contributed by atoms with van der Waals surface area (Å²) in [5, 5.41) is 5.30. The molecule has 2 aromatic rings. The molecule has 0 atom stereocenters. The molecule has 0 aliphatic heterocycles. The maximum atomic E-state index is 12.0. The zero-order valence-corrected chi connectivity index (χ0v) is 12.1. The summed E-state index contributed by atoms with van der Waals surface area (Å²) in [5.74, 6) is -0.271. The summed E-state index contributed by atoms with van der Waals surface area (Å²) in [5.41, 5.74) is 2.30. The molecule has 18 heavy (non-hydrogen) atoms. The van der Waals surface area contributed by atoms with Gasteiger partial charge in [0.1, 0.15) is 4.88 Å². The molecule has 0 spiro atoms. The fourth-order valence-corrected chi connectivity index (χ4v) is 2.73. The third-order valence-corrected chi connectivity index (χ3v) is 4.33. The highest BCUT2D eigenvalue weighted by atomic mass is 35.5. The topological polar surface area (TPSA) is 42.0 Å². The van der Waals surface area contributed by atoms with Crippen molar-refractivity contribution in [2.75, 3.05) is 5.32 Å². The summed E-state index contributed by atoms with van der Waals surface area (Å²) in [6, 6.07) is 1.77. The number of aryl methyl sites for hydroxylation is 2. The Morgan fingerprint density at radius 1 is 1.39 bits per heavy atom. The second kappa shape index (κ2) is 5.26. The third-order valence-electron chi connectivity index (χ3n) is 2.33. The Labute approximate surface area is 119 Å². The van der Waals surface area contributed by atoms with E-state index in [1.165, 1.54) is 11.3 Å². The predicted octanol–water partition coefficient (Wildman–Crippen LogP) is 4.32. The lowest BCUT2D eigenvalue weighted by atomic mass is 10.3. The minimum Gasteiger partial charge on any atom is -0.319 e. The number of nitrogens with zero attached hydrogens (tertiary/aromatic N) is 1. The fraction of sp³-hybridized carbons (Fsp3) is 0.167. The van der Waals surface area contributed by atoms with Crippen LogP contribution in [0.5, 0.6) is 0 Å². The van der Waals surface area contributed by atoms with Gasteiger partial charge in [0, 0.05) is 6.20 Å². The Balaban J connectivity index is 2.27. The highest BCUT2D eigenvalue weighted by Gasteiger charge is 2.16. The molecule has 0 saturated heterocycles. The Bertz CT molecular complexity index is 610. The molecule has 0 aliphatic rings. The first-order chi connectivity index (χ1) is 8.49. The number of aromatic nitrogens is 1. The van der Waals surface area contributed by atoms with Gasteiger partial charge in [0.15, 0.2) is 5.15 Å². The van der Waals surface area contributed by atoms with E-state index < -0.39 is 0 Å². The average molecular weight is 301 g/mol. The van der Waals surface area contributed by atoms with Crippen LogP contribution in [0.2, 0.25) is 10.2 Å². The van der Waals surface area contributed by atoms with Gasteiger partial charge in [0.25, 0.3) is 5.91 Å². The summed E-state index contributed by atoms with van der Waals surface area (Å²) >= 11 is 13.3. The molecule has 2 aromatic heterocycles. The lowest BCUT2D eigenvalue weighted by Crippen LogP contribution is -2.11. The molecule has 1 N–H and O–H groups in total. The molecule has 3 nitrogen and oxygen atoms in total. The molecule has 0 unspecified atom stereocenters. The van der Waals surface area contributed by atoms with E-state index >= 15 is 0 Å². The van der Waals surface area contributed by atoms with Gasteiger partial charge in [-0.1, -0.05) is 23.2 Å². The molecule has 0 bridgehead atoms. The molecule has 0 fully saturated rings. The largest absolute Gasteiger partial charge is 0.319 e. The maximum Gasteiger partial charge on any atom is 0.267 e. The van der Waals surface area contributed by atoms with E-state index in [-0.39, 0.29) is 11.1 Å². The molecule has 6 heteroatoms. The highest BCUT2D eigenvalue weighted by Crippen LogP contribution is 2.29. The first kappa shape index (κ1) is 13.3. The van der Waals surface area contributed by atoms with Crippen molar-refractivity contribution in [2.24, 2.45) is 0 Å². The SMILES string of the molecule is Cc1cnc(Cl)c(NC(=O)c2scc(C)c2Cl)c1. The van der Waals surface area contributed by atoms with E-state index in [1.807, 2.05) is 19.2 Å². The van der Waals surface area contributed by atoms with Gasteiger partial charge in [-0.25, -0.2) is 4.98 Å². The minimum absolute atomic E-state index is 0.262. The van der Waals surface area contributed by atoms with Gasteiger partial charge in [-0.2, -0.15) is 0 Å². The molecule has 94 valence electrons. The van der Waals surface area contributed by atoms with Crippen LogP contribution in [0, 0.1) is 13.8 Å². The van der Waals surface area contributed by atoms with Gasteiger partial charge in [-0.05, 0) is 36.4 Å². The standard InChI is InChI=1S/C12H10Cl2N2OS/c1-6-3-8(11(14)15-4-6)16-12(17)10-9(13)7(2)5-18-10/h3-5H,1-2H3,(H,16,17). The number of hydrogen-bond acceptors (Lipinski definition) is 3. The number of anilines is 1. The quantitative estimate of drug-likeness (QED) is 0.839. The van der Waals surface area contributed by atoms with Crippen molar-refractivity contribution < 1.29 is 4.79 Å². The summed E-state index contributed by atoms with van der Waals surface area (Å²) in [6.07, 6.45) is 1.64. The number of thiophene rings is 1. The van der Waals surface area contributed by atoms with E-state index in [2.05, 4.69) is 10.3 Å². The van der Waals surface area contributed by atoms with Crippen LogP contribution in [0.4, 0.5) is 5.69 Å². The van der Waals surface area contributed by atoms with Crippen molar-refractivity contribution in [1.82, 2.24) is 4.98 Å². The molecule has 0 radical (unpaired) electrons. The van der Waals surface area contributed by atoms with Crippen molar-refractivity contribution in [3.8, 4) is 0 Å². The van der Waals surface area contributed by atoms with Crippen molar-refractivity contribution in [3.05, 3.63) is 43.8 Å². The van der Waals surface area contributed by atoms with Crippen LogP contribution < -0.4 is 5.32 Å². The first-order valence-electron chi connectivity index (χ1n) is 5.16. The van der Waals surface area contributed by atoms with Gasteiger partial charge in [-0.3, -0.25) is 4.79 Å². The van der Waals surface area contributed by atoms with E-state index in [9.17, 15) is 4.79 Å². The van der Waals surface area contributed by atoms with Crippen LogP contribution in [0.1, 0.15) is 20.8 Å². The maximum absolute atomic E-state index is 12.0. The summed E-state index contributed by atoms with van der Waals surface area (Å²) in [7, 11) is 0. The number of rotatable bonds is 2. The Morgan fingerprint density at radius 2 is 2.11 bits per heavy atom. The van der Waals surface area contributed by atoms with Crippen molar-refractivity contribution in [2.45, 2.75) is 13.8 Å². The number of carbonyl (C=O) groups is 1. The van der Waals surface area contributed by atoms with Gasteiger partial charge < -0.3 is 5.32 Å². The molecule has 2 rings (SSSR count). The molecular formula is C12H10Cl2N2OS. The van der Waals surface area contributed by atoms with Gasteiger partial charge >= 0.3 is 0 Å².